The third-order valence-corrected chi connectivity index (χ3v) is 16.6. The molecule has 50 heavy (non-hydrogen) atoms. The van der Waals surface area contributed by atoms with Gasteiger partial charge in [-0.25, -0.2) is 9.78 Å². The topological polar surface area (TPSA) is 75.1 Å². The van der Waals surface area contributed by atoms with Gasteiger partial charge in [0.05, 0.1) is 11.3 Å². The number of aromatic carboxylic acids is 1. The molecule has 2 heterocycles. The first-order valence-corrected chi connectivity index (χ1v) is 20.0. The lowest BCUT2D eigenvalue weighted by molar-refractivity contribution is -0.216. The highest BCUT2D eigenvalue weighted by molar-refractivity contribution is 7.14. The summed E-state index contributed by atoms with van der Waals surface area (Å²) in [5, 5.41) is 16.9. The van der Waals surface area contributed by atoms with E-state index in [1.54, 1.807) is 23.5 Å². The van der Waals surface area contributed by atoms with Crippen LogP contribution in [0.25, 0.3) is 17.0 Å². The number of aromatic nitrogens is 2. The second kappa shape index (κ2) is 11.6. The van der Waals surface area contributed by atoms with Gasteiger partial charge in [0.25, 0.3) is 0 Å². The highest BCUT2D eigenvalue weighted by atomic mass is 32.1. The first-order chi connectivity index (χ1) is 23.7. The lowest BCUT2D eigenvalue weighted by Gasteiger charge is -2.72. The van der Waals surface area contributed by atoms with E-state index in [1.165, 1.54) is 68.1 Å². The lowest BCUT2D eigenvalue weighted by Crippen LogP contribution is -2.67. The molecule has 1 aromatic carbocycles. The number of carboxylic acid groups (broad SMARTS) is 1. The van der Waals surface area contributed by atoms with E-state index < -0.39 is 5.97 Å². The molecule has 0 radical (unpaired) electrons. The van der Waals surface area contributed by atoms with Gasteiger partial charge in [-0.2, -0.15) is 0 Å². The highest BCUT2D eigenvalue weighted by Gasteiger charge is 2.70. The molecule has 0 amide bonds. The van der Waals surface area contributed by atoms with Crippen LogP contribution < -0.4 is 5.32 Å². The molecule has 4 saturated carbocycles. The number of fused-ring (bicyclic) bond motifs is 7. The summed E-state index contributed by atoms with van der Waals surface area (Å²) in [6.45, 7) is 19.9. The van der Waals surface area contributed by atoms with E-state index in [9.17, 15) is 9.90 Å². The van der Waals surface area contributed by atoms with Crippen molar-refractivity contribution in [3.8, 4) is 11.4 Å². The van der Waals surface area contributed by atoms with Crippen LogP contribution in [0.15, 0.2) is 72.3 Å². The fourth-order valence-corrected chi connectivity index (χ4v) is 14.2. The Bertz CT molecular complexity index is 1850. The van der Waals surface area contributed by atoms with Crippen LogP contribution in [0.2, 0.25) is 0 Å². The van der Waals surface area contributed by atoms with Crippen molar-refractivity contribution in [1.82, 2.24) is 9.97 Å². The Labute approximate surface area is 303 Å². The van der Waals surface area contributed by atoms with Crippen molar-refractivity contribution in [2.24, 2.45) is 51.2 Å². The summed E-state index contributed by atoms with van der Waals surface area (Å²) in [5.41, 5.74) is 7.04. The first-order valence-electron chi connectivity index (χ1n) is 19.1. The number of hydrogen-bond donors (Lipinski definition) is 2. The number of allylic oxidation sites excluding steroid dienone is 3. The van der Waals surface area contributed by atoms with E-state index in [0.29, 0.717) is 35.2 Å². The second-order valence-electron chi connectivity index (χ2n) is 18.1. The Balaban J connectivity index is 1.11. The Morgan fingerprint density at radius 1 is 0.900 bits per heavy atom. The Kier molecular flexibility index (Phi) is 7.88. The van der Waals surface area contributed by atoms with E-state index in [2.05, 4.69) is 75.9 Å². The third kappa shape index (κ3) is 4.79. The molecule has 3 aromatic rings. The van der Waals surface area contributed by atoms with Crippen LogP contribution in [0.3, 0.4) is 0 Å². The van der Waals surface area contributed by atoms with Gasteiger partial charge >= 0.3 is 5.97 Å². The van der Waals surface area contributed by atoms with Gasteiger partial charge in [-0.15, -0.1) is 11.3 Å². The molecule has 5 aliphatic carbocycles. The molecule has 264 valence electrons. The average molecular weight is 690 g/mol. The molecule has 0 bridgehead atoms. The summed E-state index contributed by atoms with van der Waals surface area (Å²) in [5.74, 6) is 2.15. The first kappa shape index (κ1) is 33.9. The smallest absolute Gasteiger partial charge is 0.335 e. The molecule has 4 fully saturated rings. The summed E-state index contributed by atoms with van der Waals surface area (Å²) in [6.07, 6.45) is 15.5. The molecule has 5 aliphatic rings. The minimum atomic E-state index is -0.863. The van der Waals surface area contributed by atoms with Crippen molar-refractivity contribution in [1.29, 1.82) is 0 Å². The van der Waals surface area contributed by atoms with Crippen molar-refractivity contribution in [3.63, 3.8) is 0 Å². The van der Waals surface area contributed by atoms with E-state index in [4.69, 9.17) is 4.98 Å². The van der Waals surface area contributed by atoms with Gasteiger partial charge < -0.3 is 10.4 Å². The number of nitrogens with zero attached hydrogens (tertiary/aromatic N) is 2. The molecular formula is C44H55N3O2S. The Hall–Kier alpha value is -3.25. The predicted molar refractivity (Wildman–Crippen MR) is 205 cm³/mol. The number of rotatable bonds is 6. The minimum absolute atomic E-state index is 0.0147. The van der Waals surface area contributed by atoms with Crippen LogP contribution in [-0.4, -0.2) is 26.6 Å². The summed E-state index contributed by atoms with van der Waals surface area (Å²) in [6, 6.07) is 13.7. The van der Waals surface area contributed by atoms with Crippen molar-refractivity contribution in [2.75, 3.05) is 5.32 Å². The number of pyridine rings is 1. The van der Waals surface area contributed by atoms with Gasteiger partial charge in [0.1, 0.15) is 5.69 Å². The van der Waals surface area contributed by atoms with Gasteiger partial charge in [0.15, 0.2) is 5.13 Å². The van der Waals surface area contributed by atoms with E-state index >= 15 is 0 Å². The van der Waals surface area contributed by atoms with Crippen molar-refractivity contribution in [2.45, 2.75) is 105 Å². The Morgan fingerprint density at radius 3 is 2.38 bits per heavy atom. The maximum absolute atomic E-state index is 11.6. The van der Waals surface area contributed by atoms with Crippen LogP contribution >= 0.6 is 11.3 Å². The quantitative estimate of drug-likeness (QED) is 0.252. The van der Waals surface area contributed by atoms with Crippen LogP contribution in [0.1, 0.15) is 115 Å². The SMILES string of the molecule is C=C(C)[C@@H]1CC[C@]2(Nc3nc(-c4ccccn4)cs3)CC[C@]3(C)[C@H](CC[C@@H]4[C@@]5(C)CC=C(c6ccc(C(=O)O)cc6)C(C)(C)[C@@H]5CC[C@]43C)[C@@H]12. The number of nitrogens with one attached hydrogen (secondary N) is 1. The largest absolute Gasteiger partial charge is 0.478 e. The van der Waals surface area contributed by atoms with Crippen molar-refractivity contribution >= 4 is 28.0 Å². The van der Waals surface area contributed by atoms with Crippen LogP contribution in [-0.2, 0) is 0 Å². The summed E-state index contributed by atoms with van der Waals surface area (Å²) in [4.78, 5) is 21.2. The molecule has 6 heteroatoms. The second-order valence-corrected chi connectivity index (χ2v) is 19.0. The number of benzene rings is 1. The Morgan fingerprint density at radius 2 is 1.68 bits per heavy atom. The molecule has 9 atom stereocenters. The molecule has 8 rings (SSSR count). The molecule has 0 saturated heterocycles. The molecular weight excluding hydrogens is 635 g/mol. The van der Waals surface area contributed by atoms with Gasteiger partial charge in [-0.05, 0) is 151 Å². The maximum atomic E-state index is 11.6. The van der Waals surface area contributed by atoms with Gasteiger partial charge in [-0.1, -0.05) is 71.0 Å². The van der Waals surface area contributed by atoms with Crippen molar-refractivity contribution < 1.29 is 9.90 Å². The monoisotopic (exact) mass is 689 g/mol. The zero-order valence-electron chi connectivity index (χ0n) is 30.9. The molecule has 2 aromatic heterocycles. The fourth-order valence-electron chi connectivity index (χ4n) is 13.4. The zero-order valence-corrected chi connectivity index (χ0v) is 31.7. The van der Waals surface area contributed by atoms with Crippen molar-refractivity contribution in [3.05, 3.63) is 83.4 Å². The third-order valence-electron chi connectivity index (χ3n) is 15.9. The number of hydrogen-bond acceptors (Lipinski definition) is 5. The van der Waals surface area contributed by atoms with Crippen LogP contribution in [0.5, 0.6) is 0 Å². The number of carboxylic acids is 1. The summed E-state index contributed by atoms with van der Waals surface area (Å²) < 4.78 is 0. The van der Waals surface area contributed by atoms with E-state index in [-0.39, 0.29) is 27.2 Å². The van der Waals surface area contributed by atoms with Gasteiger partial charge in [0.2, 0.25) is 0 Å². The standard InChI is InChI=1S/C44H55N3O2S/c1-27(2)30-17-22-44(47-39-46-34(26-50-39)33-10-8-9-25-45-33)24-23-42(6)32(37(30)44)15-16-36-41(5)20-18-31(28-11-13-29(14-12-28)38(48)49)40(3,4)35(41)19-21-43(36,42)7/h8-14,18,25-26,30,32,35-37H,1,15-17,19-24H2,2-7H3,(H,46,47)(H,48,49)/t30-,32+,35-,36+,37+,41-,42+,43+,44-/m0/s1. The molecule has 0 unspecified atom stereocenters. The normalized spacial score (nSPS) is 38.5. The molecule has 0 spiro atoms. The molecule has 2 N–H and O–H groups in total. The highest BCUT2D eigenvalue weighted by Crippen LogP contribution is 2.77. The lowest BCUT2D eigenvalue weighted by atomic mass is 9.33. The zero-order chi connectivity index (χ0) is 35.3. The van der Waals surface area contributed by atoms with Gasteiger partial charge in [-0.3, -0.25) is 4.98 Å². The summed E-state index contributed by atoms with van der Waals surface area (Å²) in [7, 11) is 0. The average Bonchev–Trinajstić information content (AvgIpc) is 3.71. The summed E-state index contributed by atoms with van der Waals surface area (Å²) >= 11 is 1.73. The van der Waals surface area contributed by atoms with Crippen LogP contribution in [0, 0.1) is 51.2 Å². The van der Waals surface area contributed by atoms with Crippen LogP contribution in [0.4, 0.5) is 5.13 Å². The number of carbonyl (C=O) groups is 1. The molecule has 0 aliphatic heterocycles. The molecule has 5 nitrogen and oxygen atoms in total. The minimum Gasteiger partial charge on any atom is -0.478 e. The fraction of sp³-hybridized carbons (Fsp3) is 0.568. The predicted octanol–water partition coefficient (Wildman–Crippen LogP) is 11.4. The van der Waals surface area contributed by atoms with E-state index in [1.807, 2.05) is 30.5 Å². The number of thiazole rings is 1. The maximum Gasteiger partial charge on any atom is 0.335 e. The van der Waals surface area contributed by atoms with Gasteiger partial charge in [0, 0.05) is 17.1 Å². The van der Waals surface area contributed by atoms with E-state index in [0.717, 1.165) is 22.9 Å². The number of anilines is 1.